The number of likely N-dealkylation sites (tertiary alicyclic amines) is 2. The summed E-state index contributed by atoms with van der Waals surface area (Å²) < 4.78 is 0. The number of carboxylic acid groups (broad SMARTS) is 1. The molecule has 118 heavy (non-hydrogen) atoms. The van der Waals surface area contributed by atoms with E-state index in [2.05, 4.69) is 90.9 Å². The number of carbonyl (C=O) groups is 14. The molecule has 0 spiro atoms. The number of amides is 13. The molecule has 0 radical (unpaired) electrons. The molecule has 3 heterocycles. The standard InChI is InChI=1S/C77H137N25O15S/c1-11-58(103)90-40-55(97-71(113)61(44(8)9)100-68(110)57-28-20-35-102(57)72(114)50(24-16-31-86-75(80)81)92-64(106)53(37-41(2)3)95-62(104)47(79)22-14-15-30-78)66(108)91-49(29-36-118-10)63(105)98-59(42(4)5)69(111)93-51(25-17-32-87-76(82)83)73(115)101-34-19-27-56(101)67(109)96-54(38-45-39-89-48-23-13-12-21-46(45)48)65(107)99-60(43(6)7)70(112)94-52(74(116)117)26-18-33-88-77(84)85/h12-13,21,23,39,41-44,47,49-57,59-61,75-77,86-89H,11,14-20,22,24-38,40,78-85H2,1-10H3,(H,90,103)(H,91,108)(H,92,106)(H,93,111)(H,94,112)(H,95,104)(H,96,109)(H,97,113)(H,98,105)(H,99,107)(H,100,110)(H,116,117)/p+2/t47-,49-,50-,51-,52-,53-,54-,55-,56-,57-,59-,60-,61-/m0/s1. The highest BCUT2D eigenvalue weighted by Crippen LogP contribution is 2.25. The number of carboxylic acids is 1. The summed E-state index contributed by atoms with van der Waals surface area (Å²) in [5.74, 6) is -12.3. The van der Waals surface area contributed by atoms with E-state index in [4.69, 9.17) is 34.4 Å². The summed E-state index contributed by atoms with van der Waals surface area (Å²) in [5, 5.41) is 49.6. The van der Waals surface area contributed by atoms with Gasteiger partial charge in [-0.1, -0.05) is 80.5 Å². The number of hydrogen-bond donors (Lipinski definition) is 24. The van der Waals surface area contributed by atoms with Crippen LogP contribution < -0.4 is 120 Å². The van der Waals surface area contributed by atoms with Crippen molar-refractivity contribution in [3.8, 4) is 0 Å². The van der Waals surface area contributed by atoms with Crippen LogP contribution in [0.1, 0.15) is 171 Å². The number of unbranched alkanes of at least 4 members (excludes halogenated alkanes) is 1. The molecule has 34 N–H and O–H groups in total. The molecule has 0 unspecified atom stereocenters. The first kappa shape index (κ1) is 102. The van der Waals surface area contributed by atoms with E-state index in [1.165, 1.54) is 21.6 Å². The summed E-state index contributed by atoms with van der Waals surface area (Å²) in [6, 6.07) is -8.98. The Morgan fingerprint density at radius 2 is 0.941 bits per heavy atom. The number of nitrogens with one attached hydrogen (secondary N) is 15. The molecule has 1 aromatic heterocycles. The first-order valence-electron chi connectivity index (χ1n) is 41.4. The number of hydrogen-bond acceptors (Lipinski definition) is 24. The quantitative estimate of drug-likeness (QED) is 0.0216. The zero-order valence-corrected chi connectivity index (χ0v) is 71.3. The van der Waals surface area contributed by atoms with Gasteiger partial charge in [0.05, 0.1) is 6.54 Å². The first-order valence-corrected chi connectivity index (χ1v) is 42.8. The Morgan fingerprint density at radius 3 is 1.42 bits per heavy atom. The number of H-pyrrole nitrogens is 1. The third-order valence-electron chi connectivity index (χ3n) is 20.6. The van der Waals surface area contributed by atoms with Crippen LogP contribution in [0.25, 0.3) is 10.9 Å². The number of nitrogens with two attached hydrogens (primary N) is 6. The molecule has 0 aliphatic carbocycles. The minimum absolute atomic E-state index is 0.00202. The first-order chi connectivity index (χ1) is 55.8. The lowest BCUT2D eigenvalue weighted by Crippen LogP contribution is -2.69. The van der Waals surface area contributed by atoms with Crippen LogP contribution >= 0.6 is 11.8 Å². The van der Waals surface area contributed by atoms with Gasteiger partial charge in [0.2, 0.25) is 70.9 Å². The second kappa shape index (κ2) is 52.3. The van der Waals surface area contributed by atoms with Gasteiger partial charge in [0.15, 0.2) is 6.04 Å². The van der Waals surface area contributed by atoms with Crippen molar-refractivity contribution in [3.63, 3.8) is 0 Å². The fourth-order valence-electron chi connectivity index (χ4n) is 13.9. The number of carbonyl (C=O) groups excluding carboxylic acids is 13. The van der Waals surface area contributed by atoms with E-state index in [1.54, 1.807) is 67.0 Å². The van der Waals surface area contributed by atoms with E-state index >= 15 is 4.79 Å². The highest BCUT2D eigenvalue weighted by Gasteiger charge is 2.44. The summed E-state index contributed by atoms with van der Waals surface area (Å²) in [6.07, 6.45) is 4.72. The highest BCUT2D eigenvalue weighted by atomic mass is 32.2. The van der Waals surface area contributed by atoms with Gasteiger partial charge in [-0.2, -0.15) is 11.8 Å². The molecule has 2 saturated heterocycles. The maximum Gasteiger partial charge on any atom is 0.326 e. The molecule has 0 bridgehead atoms. The van der Waals surface area contributed by atoms with Crippen molar-refractivity contribution in [3.05, 3.63) is 36.0 Å². The van der Waals surface area contributed by atoms with Crippen molar-refractivity contribution in [2.24, 2.45) is 58.1 Å². The van der Waals surface area contributed by atoms with Gasteiger partial charge in [0.1, 0.15) is 91.4 Å². The van der Waals surface area contributed by atoms with Gasteiger partial charge in [-0.15, -0.1) is 0 Å². The van der Waals surface area contributed by atoms with E-state index in [-0.39, 0.29) is 115 Å². The molecule has 13 atom stereocenters. The van der Waals surface area contributed by atoms with Crippen molar-refractivity contribution < 1.29 is 83.7 Å². The number of fused-ring (bicyclic) bond motifs is 1. The van der Waals surface area contributed by atoms with Gasteiger partial charge >= 0.3 is 5.97 Å². The van der Waals surface area contributed by atoms with Crippen molar-refractivity contribution in [1.29, 1.82) is 0 Å². The van der Waals surface area contributed by atoms with Crippen LogP contribution in [-0.2, 0) is 73.5 Å². The van der Waals surface area contributed by atoms with Crippen molar-refractivity contribution in [2.75, 3.05) is 57.8 Å². The number of thioether (sulfide) groups is 1. The Morgan fingerprint density at radius 1 is 0.508 bits per heavy atom. The van der Waals surface area contributed by atoms with Gasteiger partial charge in [-0.05, 0) is 157 Å². The average Bonchev–Trinajstić information content (AvgIpc) is 1.63. The van der Waals surface area contributed by atoms with E-state index < -0.39 is 204 Å². The Labute approximate surface area is 696 Å². The number of aromatic amines is 1. The van der Waals surface area contributed by atoms with Crippen LogP contribution in [0.15, 0.2) is 30.5 Å². The number of para-hydroxylation sites is 1. The van der Waals surface area contributed by atoms with E-state index in [0.717, 1.165) is 23.7 Å². The van der Waals surface area contributed by atoms with Gasteiger partial charge in [-0.3, -0.25) is 78.3 Å². The van der Waals surface area contributed by atoms with Crippen LogP contribution in [0.2, 0.25) is 0 Å². The van der Waals surface area contributed by atoms with Crippen molar-refractivity contribution in [2.45, 2.75) is 269 Å². The molecule has 2 aliphatic heterocycles. The SMILES string of the molecule is CCC(=O)NC[C@H](NC(=O)[C@@H](NC(=O)[C@@H]1CCCN1C(=O)[C@H](CCCNC(N)N)NC(=O)[C@H](CC(C)C)NC(=O)[C@@H]([NH3+])CCCC[NH3+])C(C)C)C(=O)N[C@@H](CCSC)C(=O)N[C@H](C(=O)N[C@@H](CCCNC(N)N)C(=O)N1CCC[C@H]1C(=O)N[C@@H](Cc1c[nH]c2ccccc12)C(=O)N[C@H](C(=O)N[C@@H](CCCNC(N)N)C(=O)O)C(C)C)C(C)C. The van der Waals surface area contributed by atoms with Gasteiger partial charge in [0, 0.05) is 56.0 Å². The Hall–Kier alpha value is -8.75. The topological polar surface area (TPSA) is 661 Å². The number of rotatable bonds is 55. The molecule has 13 amide bonds. The number of aromatic nitrogens is 1. The third kappa shape index (κ3) is 34.2. The fraction of sp³-hybridized carbons (Fsp3) is 0.714. The molecule has 4 rings (SSSR count). The van der Waals surface area contributed by atoms with Gasteiger partial charge in [-0.25, -0.2) is 4.79 Å². The maximum absolute atomic E-state index is 15.2. The fourth-order valence-corrected chi connectivity index (χ4v) is 14.4. The molecule has 666 valence electrons. The molecule has 41 heteroatoms. The molecule has 40 nitrogen and oxygen atoms in total. The molecular weight excluding hydrogens is 1550 g/mol. The molecule has 2 aromatic rings. The lowest BCUT2D eigenvalue weighted by Gasteiger charge is -2.32. The van der Waals surface area contributed by atoms with Crippen LogP contribution in [0, 0.1) is 23.7 Å². The van der Waals surface area contributed by atoms with E-state index in [9.17, 15) is 67.4 Å². The lowest BCUT2D eigenvalue weighted by molar-refractivity contribution is -0.406. The van der Waals surface area contributed by atoms with Crippen LogP contribution in [0.3, 0.4) is 0 Å². The van der Waals surface area contributed by atoms with Crippen molar-refractivity contribution >= 4 is 105 Å². The molecular formula is C77H139N25O15S+2. The zero-order valence-electron chi connectivity index (χ0n) is 70.5. The van der Waals surface area contributed by atoms with Crippen molar-refractivity contribution in [1.82, 2.24) is 89.2 Å². The lowest BCUT2D eigenvalue weighted by atomic mass is 9.99. The summed E-state index contributed by atoms with van der Waals surface area (Å²) in [7, 11) is 0. The Kier molecular flexibility index (Phi) is 45.1. The summed E-state index contributed by atoms with van der Waals surface area (Å²) in [4.78, 5) is 206. The monoisotopic (exact) mass is 1690 g/mol. The van der Waals surface area contributed by atoms with Crippen LogP contribution in [0.5, 0.6) is 0 Å². The molecule has 1 aromatic carbocycles. The number of quaternary nitrogens is 2. The molecule has 2 fully saturated rings. The minimum Gasteiger partial charge on any atom is -0.480 e. The minimum atomic E-state index is -1.58. The molecule has 2 aliphatic rings. The van der Waals surface area contributed by atoms with E-state index in [1.807, 2.05) is 32.0 Å². The van der Waals surface area contributed by atoms with Gasteiger partial charge in [0.25, 0.3) is 5.91 Å². The summed E-state index contributed by atoms with van der Waals surface area (Å²) >= 11 is 1.34. The van der Waals surface area contributed by atoms with Crippen LogP contribution in [0.4, 0.5) is 0 Å². The maximum atomic E-state index is 15.2. The Balaban J connectivity index is 1.60. The van der Waals surface area contributed by atoms with Crippen LogP contribution in [-0.4, -0.2) is 258 Å². The summed E-state index contributed by atoms with van der Waals surface area (Å²) in [5.41, 5.74) is 43.4. The summed E-state index contributed by atoms with van der Waals surface area (Å²) in [6.45, 7) is 16.3. The predicted octanol–water partition coefficient (Wildman–Crippen LogP) is -6.35. The third-order valence-corrected chi connectivity index (χ3v) is 21.3. The zero-order chi connectivity index (χ0) is 88.0. The smallest absolute Gasteiger partial charge is 0.326 e. The predicted molar refractivity (Wildman–Crippen MR) is 445 cm³/mol. The van der Waals surface area contributed by atoms with E-state index in [0.29, 0.717) is 37.8 Å². The highest BCUT2D eigenvalue weighted by molar-refractivity contribution is 7.98. The molecule has 0 saturated carbocycles. The number of nitrogens with zero attached hydrogens (tertiary/aromatic N) is 2. The normalized spacial score (nSPS) is 17.1. The second-order valence-corrected chi connectivity index (χ2v) is 32.9. The number of aliphatic carboxylic acids is 1. The number of benzene rings is 1. The van der Waals surface area contributed by atoms with Gasteiger partial charge < -0.3 is 124 Å². The Bertz CT molecular complexity index is 3590. The second-order valence-electron chi connectivity index (χ2n) is 31.9. The largest absolute Gasteiger partial charge is 0.480 e. The average molecular weight is 1690 g/mol.